The quantitative estimate of drug-likeness (QED) is 0.802. The van der Waals surface area contributed by atoms with Gasteiger partial charge in [0.1, 0.15) is 0 Å². The molecule has 1 aromatic carbocycles. The summed E-state index contributed by atoms with van der Waals surface area (Å²) in [6, 6.07) is 11.4. The Kier molecular flexibility index (Phi) is 4.70. The van der Waals surface area contributed by atoms with Crippen molar-refractivity contribution >= 4 is 17.8 Å². The molecule has 2 amide bonds. The molecule has 2 aromatic rings. The fraction of sp³-hybridized carbons (Fsp3) is 0.316. The number of likely N-dealkylation sites (tertiary alicyclic amines) is 1. The van der Waals surface area contributed by atoms with Crippen molar-refractivity contribution in [2.24, 2.45) is 0 Å². The molecule has 1 fully saturated rings. The standard InChI is InChI=1S/C19H20N2O4/c1-13-11-16(14(2)21(13)15-7-4-3-5-8-15)19(24)25-12-18(23)20-10-6-9-17(20)22/h3-5,7-8,11H,6,9-10,12H2,1-2H3. The Morgan fingerprint density at radius 1 is 1.16 bits per heavy atom. The molecule has 0 radical (unpaired) electrons. The molecule has 25 heavy (non-hydrogen) atoms. The Bertz CT molecular complexity index is 823. The molecule has 0 aliphatic carbocycles. The van der Waals surface area contributed by atoms with Crippen LogP contribution in [0.25, 0.3) is 5.69 Å². The van der Waals surface area contributed by atoms with Gasteiger partial charge in [0.15, 0.2) is 6.61 Å². The number of esters is 1. The normalized spacial score (nSPS) is 14.0. The largest absolute Gasteiger partial charge is 0.452 e. The topological polar surface area (TPSA) is 68.6 Å². The first-order valence-corrected chi connectivity index (χ1v) is 8.23. The lowest BCUT2D eigenvalue weighted by Gasteiger charge is -2.13. The Morgan fingerprint density at radius 2 is 1.88 bits per heavy atom. The number of carbonyl (C=O) groups is 3. The highest BCUT2D eigenvalue weighted by Crippen LogP contribution is 2.21. The third-order valence-corrected chi connectivity index (χ3v) is 4.37. The fourth-order valence-corrected chi connectivity index (χ4v) is 3.14. The lowest BCUT2D eigenvalue weighted by atomic mass is 10.2. The van der Waals surface area contributed by atoms with Gasteiger partial charge < -0.3 is 9.30 Å². The van der Waals surface area contributed by atoms with Crippen LogP contribution in [-0.2, 0) is 14.3 Å². The maximum absolute atomic E-state index is 12.4. The van der Waals surface area contributed by atoms with Crippen molar-refractivity contribution in [1.82, 2.24) is 9.47 Å². The van der Waals surface area contributed by atoms with E-state index >= 15 is 0 Å². The van der Waals surface area contributed by atoms with Crippen LogP contribution in [0.1, 0.15) is 34.6 Å². The van der Waals surface area contributed by atoms with Gasteiger partial charge in [-0.3, -0.25) is 14.5 Å². The van der Waals surface area contributed by atoms with Gasteiger partial charge in [0, 0.05) is 30.0 Å². The molecule has 130 valence electrons. The van der Waals surface area contributed by atoms with Crippen LogP contribution >= 0.6 is 0 Å². The lowest BCUT2D eigenvalue weighted by molar-refractivity contribution is -0.143. The van der Waals surface area contributed by atoms with Gasteiger partial charge >= 0.3 is 5.97 Å². The number of nitrogens with zero attached hydrogens (tertiary/aromatic N) is 2. The molecule has 0 saturated carbocycles. The molecule has 6 nitrogen and oxygen atoms in total. The number of hydrogen-bond donors (Lipinski definition) is 0. The summed E-state index contributed by atoms with van der Waals surface area (Å²) in [7, 11) is 0. The second-order valence-electron chi connectivity index (χ2n) is 6.07. The number of aromatic nitrogens is 1. The molecule has 1 aromatic heterocycles. The van der Waals surface area contributed by atoms with E-state index in [0.29, 0.717) is 24.9 Å². The predicted octanol–water partition coefficient (Wildman–Crippen LogP) is 2.40. The fourth-order valence-electron chi connectivity index (χ4n) is 3.14. The Hall–Kier alpha value is -2.89. The molecule has 1 aliphatic rings. The first-order valence-electron chi connectivity index (χ1n) is 8.23. The molecule has 1 saturated heterocycles. The van der Waals surface area contributed by atoms with Crippen molar-refractivity contribution < 1.29 is 19.1 Å². The van der Waals surface area contributed by atoms with Gasteiger partial charge in [0.2, 0.25) is 5.91 Å². The van der Waals surface area contributed by atoms with E-state index in [-0.39, 0.29) is 5.91 Å². The number of rotatable bonds is 4. The van der Waals surface area contributed by atoms with Crippen LogP contribution < -0.4 is 0 Å². The van der Waals surface area contributed by atoms with Crippen LogP contribution in [-0.4, -0.2) is 40.4 Å². The minimum Gasteiger partial charge on any atom is -0.452 e. The van der Waals surface area contributed by atoms with Gasteiger partial charge in [0.25, 0.3) is 5.91 Å². The van der Waals surface area contributed by atoms with E-state index in [2.05, 4.69) is 0 Å². The van der Waals surface area contributed by atoms with E-state index in [1.165, 1.54) is 0 Å². The highest BCUT2D eigenvalue weighted by Gasteiger charge is 2.27. The number of imide groups is 1. The van der Waals surface area contributed by atoms with Crippen molar-refractivity contribution in [2.45, 2.75) is 26.7 Å². The van der Waals surface area contributed by atoms with E-state index in [9.17, 15) is 14.4 Å². The van der Waals surface area contributed by atoms with Gasteiger partial charge in [-0.2, -0.15) is 0 Å². The summed E-state index contributed by atoms with van der Waals surface area (Å²) in [6.07, 6.45) is 1.04. The third kappa shape index (κ3) is 3.33. The van der Waals surface area contributed by atoms with E-state index in [4.69, 9.17) is 4.74 Å². The van der Waals surface area contributed by atoms with Crippen LogP contribution in [0, 0.1) is 13.8 Å². The summed E-state index contributed by atoms with van der Waals surface area (Å²) in [5.41, 5.74) is 3.02. The molecule has 2 heterocycles. The number of hydrogen-bond acceptors (Lipinski definition) is 4. The average Bonchev–Trinajstić information content (AvgIpc) is 3.16. The van der Waals surface area contributed by atoms with Crippen LogP contribution in [0.5, 0.6) is 0 Å². The molecular formula is C19H20N2O4. The predicted molar refractivity (Wildman–Crippen MR) is 91.5 cm³/mol. The van der Waals surface area contributed by atoms with Gasteiger partial charge in [0.05, 0.1) is 5.56 Å². The number of aryl methyl sites for hydroxylation is 1. The molecule has 0 spiro atoms. The molecule has 0 bridgehead atoms. The first kappa shape index (κ1) is 17.0. The number of para-hydroxylation sites is 1. The maximum Gasteiger partial charge on any atom is 0.340 e. The van der Waals surface area contributed by atoms with Crippen molar-refractivity contribution in [3.63, 3.8) is 0 Å². The first-order chi connectivity index (χ1) is 12.0. The van der Waals surface area contributed by atoms with Gasteiger partial charge in [-0.25, -0.2) is 4.79 Å². The monoisotopic (exact) mass is 340 g/mol. The zero-order valence-electron chi connectivity index (χ0n) is 14.3. The smallest absolute Gasteiger partial charge is 0.340 e. The lowest BCUT2D eigenvalue weighted by Crippen LogP contribution is -2.35. The van der Waals surface area contributed by atoms with Crippen LogP contribution in [0.3, 0.4) is 0 Å². The van der Waals surface area contributed by atoms with E-state index < -0.39 is 18.5 Å². The molecule has 6 heteroatoms. The van der Waals surface area contributed by atoms with Crippen molar-refractivity contribution in [3.05, 3.63) is 53.3 Å². The molecule has 0 atom stereocenters. The van der Waals surface area contributed by atoms with Crippen LogP contribution in [0.15, 0.2) is 36.4 Å². The Balaban J connectivity index is 1.73. The number of ether oxygens (including phenoxy) is 1. The molecule has 0 unspecified atom stereocenters. The summed E-state index contributed by atoms with van der Waals surface area (Å²) in [5.74, 6) is -1.23. The average molecular weight is 340 g/mol. The van der Waals surface area contributed by atoms with Crippen LogP contribution in [0.4, 0.5) is 0 Å². The zero-order chi connectivity index (χ0) is 18.0. The summed E-state index contributed by atoms with van der Waals surface area (Å²) in [4.78, 5) is 37.1. The number of amides is 2. The number of carbonyl (C=O) groups excluding carboxylic acids is 3. The Labute approximate surface area is 146 Å². The molecule has 3 rings (SSSR count). The van der Waals surface area contributed by atoms with Crippen molar-refractivity contribution in [2.75, 3.05) is 13.2 Å². The van der Waals surface area contributed by atoms with E-state index in [0.717, 1.165) is 22.0 Å². The van der Waals surface area contributed by atoms with Gasteiger partial charge in [-0.05, 0) is 38.5 Å². The minimum absolute atomic E-state index is 0.205. The van der Waals surface area contributed by atoms with E-state index in [1.54, 1.807) is 6.07 Å². The van der Waals surface area contributed by atoms with E-state index in [1.807, 2.05) is 48.7 Å². The van der Waals surface area contributed by atoms with Crippen LogP contribution in [0.2, 0.25) is 0 Å². The highest BCUT2D eigenvalue weighted by atomic mass is 16.5. The summed E-state index contributed by atoms with van der Waals surface area (Å²) in [5, 5.41) is 0. The Morgan fingerprint density at radius 3 is 2.52 bits per heavy atom. The summed E-state index contributed by atoms with van der Waals surface area (Å²) in [6.45, 7) is 3.73. The van der Waals surface area contributed by atoms with Crippen molar-refractivity contribution in [1.29, 1.82) is 0 Å². The maximum atomic E-state index is 12.4. The zero-order valence-corrected chi connectivity index (χ0v) is 14.3. The highest BCUT2D eigenvalue weighted by molar-refractivity contribution is 5.99. The van der Waals surface area contributed by atoms with Gasteiger partial charge in [-0.1, -0.05) is 18.2 Å². The molecule has 0 N–H and O–H groups in total. The summed E-state index contributed by atoms with van der Waals surface area (Å²) >= 11 is 0. The summed E-state index contributed by atoms with van der Waals surface area (Å²) < 4.78 is 7.10. The molecule has 1 aliphatic heterocycles. The molecular weight excluding hydrogens is 320 g/mol. The number of benzene rings is 1. The third-order valence-electron chi connectivity index (χ3n) is 4.37. The second-order valence-corrected chi connectivity index (χ2v) is 6.07. The van der Waals surface area contributed by atoms with Crippen molar-refractivity contribution in [3.8, 4) is 5.69 Å². The minimum atomic E-state index is -0.560. The van der Waals surface area contributed by atoms with Gasteiger partial charge in [-0.15, -0.1) is 0 Å². The second kappa shape index (κ2) is 6.93. The SMILES string of the molecule is Cc1cc(C(=O)OCC(=O)N2CCCC2=O)c(C)n1-c1ccccc1.